The minimum Gasteiger partial charge on any atom is -0.480 e. The molecule has 4 rings (SSSR count). The molecular weight excluding hydrogens is 506 g/mol. The van der Waals surface area contributed by atoms with Gasteiger partial charge in [-0.3, -0.25) is 0 Å². The van der Waals surface area contributed by atoms with Crippen molar-refractivity contribution in [2.24, 2.45) is 0 Å². The molecule has 0 saturated carbocycles. The molecule has 3 aromatic rings. The molecule has 0 radical (unpaired) electrons. The second-order valence-electron chi connectivity index (χ2n) is 10.1. The summed E-state index contributed by atoms with van der Waals surface area (Å²) < 4.78 is 8.14. The summed E-state index contributed by atoms with van der Waals surface area (Å²) >= 11 is 0. The highest BCUT2D eigenvalue weighted by Gasteiger charge is 2.38. The smallest absolute Gasteiger partial charge is 0.172 e. The Morgan fingerprint density at radius 3 is 2.00 bits per heavy atom. The van der Waals surface area contributed by atoms with Gasteiger partial charge < -0.3 is 14.2 Å². The predicted octanol–water partition coefficient (Wildman–Crippen LogP) is 7.50. The van der Waals surface area contributed by atoms with Gasteiger partial charge in [0.25, 0.3) is 0 Å². The molecule has 0 saturated heterocycles. The van der Waals surface area contributed by atoms with Gasteiger partial charge in [-0.15, -0.1) is 0 Å². The van der Waals surface area contributed by atoms with Crippen molar-refractivity contribution in [3.63, 3.8) is 0 Å². The Morgan fingerprint density at radius 2 is 1.44 bits per heavy atom. The predicted molar refractivity (Wildman–Crippen MR) is 164 cm³/mol. The first-order chi connectivity index (χ1) is 19.8. The number of nitriles is 3. The number of benzene rings is 2. The summed E-state index contributed by atoms with van der Waals surface area (Å²) in [4.78, 5) is 2.32. The molecule has 0 amide bonds. The number of hydrogen-bond acceptors (Lipinski definition) is 5. The van der Waals surface area contributed by atoms with Crippen LogP contribution in [-0.4, -0.2) is 23.3 Å². The molecule has 0 bridgehead atoms. The summed E-state index contributed by atoms with van der Waals surface area (Å²) in [6, 6.07) is 28.8. The fraction of sp³-hybridized carbons (Fsp3) is 0.229. The molecule has 204 valence electrons. The van der Waals surface area contributed by atoms with E-state index < -0.39 is 5.60 Å². The topological polar surface area (TPSA) is 88.8 Å². The molecule has 6 heteroatoms. The minimum atomic E-state index is -0.868. The van der Waals surface area contributed by atoms with Gasteiger partial charge in [-0.25, -0.2) is 0 Å². The van der Waals surface area contributed by atoms with Gasteiger partial charge in [0, 0.05) is 42.3 Å². The normalized spacial score (nSPS) is 14.1. The molecule has 0 spiro atoms. The van der Waals surface area contributed by atoms with E-state index >= 15 is 0 Å². The zero-order valence-electron chi connectivity index (χ0n) is 23.9. The average molecular weight is 540 g/mol. The van der Waals surface area contributed by atoms with Crippen molar-refractivity contribution in [3.8, 4) is 18.2 Å². The molecule has 0 fully saturated rings. The van der Waals surface area contributed by atoms with Crippen molar-refractivity contribution >= 4 is 23.9 Å². The third-order valence-corrected chi connectivity index (χ3v) is 7.19. The Balaban J connectivity index is 1.72. The van der Waals surface area contributed by atoms with Crippen molar-refractivity contribution in [2.45, 2.75) is 39.8 Å². The van der Waals surface area contributed by atoms with E-state index in [0.717, 1.165) is 35.6 Å². The summed E-state index contributed by atoms with van der Waals surface area (Å²) in [7, 11) is 0. The maximum absolute atomic E-state index is 9.89. The average Bonchev–Trinajstić information content (AvgIpc) is 3.48. The van der Waals surface area contributed by atoms with Crippen molar-refractivity contribution in [1.82, 2.24) is 4.57 Å². The van der Waals surface area contributed by atoms with Gasteiger partial charge in [0.2, 0.25) is 0 Å². The van der Waals surface area contributed by atoms with Crippen LogP contribution in [-0.2, 0) is 11.3 Å². The lowest BCUT2D eigenvalue weighted by molar-refractivity contribution is 0.0954. The Kier molecular flexibility index (Phi) is 8.93. The largest absolute Gasteiger partial charge is 0.480 e. The summed E-state index contributed by atoms with van der Waals surface area (Å²) in [5, 5.41) is 28.6. The molecule has 0 aliphatic carbocycles. The van der Waals surface area contributed by atoms with E-state index in [-0.39, 0.29) is 16.9 Å². The molecule has 0 unspecified atom stereocenters. The van der Waals surface area contributed by atoms with Gasteiger partial charge in [0.15, 0.2) is 11.3 Å². The van der Waals surface area contributed by atoms with Crippen LogP contribution < -0.4 is 4.90 Å². The maximum atomic E-state index is 9.89. The van der Waals surface area contributed by atoms with Crippen LogP contribution in [0.2, 0.25) is 0 Å². The van der Waals surface area contributed by atoms with E-state index in [2.05, 4.69) is 84.0 Å². The van der Waals surface area contributed by atoms with Crippen LogP contribution in [0.3, 0.4) is 0 Å². The van der Waals surface area contributed by atoms with Crippen LogP contribution in [0.5, 0.6) is 0 Å². The van der Waals surface area contributed by atoms with Crippen LogP contribution in [0.25, 0.3) is 18.2 Å². The molecule has 0 N–H and O–H groups in total. The first-order valence-electron chi connectivity index (χ1n) is 13.7. The van der Waals surface area contributed by atoms with Gasteiger partial charge >= 0.3 is 0 Å². The van der Waals surface area contributed by atoms with E-state index in [1.807, 2.05) is 62.4 Å². The molecule has 1 aliphatic heterocycles. The third-order valence-electron chi connectivity index (χ3n) is 7.19. The van der Waals surface area contributed by atoms with Gasteiger partial charge in [-0.2, -0.15) is 15.8 Å². The van der Waals surface area contributed by atoms with E-state index in [1.54, 1.807) is 0 Å². The molecule has 1 aliphatic rings. The summed E-state index contributed by atoms with van der Waals surface area (Å²) in [5.41, 5.74) is 5.23. The number of ether oxygens (including phenoxy) is 1. The minimum absolute atomic E-state index is 0.0393. The lowest BCUT2D eigenvalue weighted by atomic mass is 9.94. The highest BCUT2D eigenvalue weighted by Crippen LogP contribution is 2.40. The quantitative estimate of drug-likeness (QED) is 0.263. The van der Waals surface area contributed by atoms with Gasteiger partial charge in [-0.05, 0) is 75.2 Å². The number of hydrogen-bond donors (Lipinski definition) is 0. The first-order valence-corrected chi connectivity index (χ1v) is 13.7. The van der Waals surface area contributed by atoms with E-state index in [4.69, 9.17) is 4.74 Å². The first kappa shape index (κ1) is 28.8. The highest BCUT2D eigenvalue weighted by molar-refractivity contribution is 5.71. The van der Waals surface area contributed by atoms with Crippen molar-refractivity contribution < 1.29 is 4.74 Å². The fourth-order valence-corrected chi connectivity index (χ4v) is 4.96. The fourth-order valence-electron chi connectivity index (χ4n) is 4.96. The van der Waals surface area contributed by atoms with Crippen LogP contribution in [0, 0.1) is 34.0 Å². The van der Waals surface area contributed by atoms with Crippen LogP contribution in [0.1, 0.15) is 50.2 Å². The number of aromatic nitrogens is 1. The van der Waals surface area contributed by atoms with Crippen LogP contribution in [0.15, 0.2) is 95.3 Å². The van der Waals surface area contributed by atoms with Crippen LogP contribution in [0.4, 0.5) is 5.69 Å². The van der Waals surface area contributed by atoms with Gasteiger partial charge in [-0.1, -0.05) is 54.6 Å². The number of anilines is 1. The van der Waals surface area contributed by atoms with E-state index in [9.17, 15) is 15.8 Å². The van der Waals surface area contributed by atoms with Gasteiger partial charge in [0.1, 0.15) is 29.4 Å². The Labute approximate surface area is 242 Å². The summed E-state index contributed by atoms with van der Waals surface area (Å²) in [6.07, 6.45) is 8.04. The van der Waals surface area contributed by atoms with E-state index in [0.29, 0.717) is 12.1 Å². The second kappa shape index (κ2) is 12.7. The van der Waals surface area contributed by atoms with Crippen molar-refractivity contribution in [3.05, 3.63) is 118 Å². The van der Waals surface area contributed by atoms with Gasteiger partial charge in [0.05, 0.1) is 0 Å². The number of allylic oxidation sites excluding steroid dienone is 2. The molecule has 0 atom stereocenters. The lowest BCUT2D eigenvalue weighted by Gasteiger charge is -2.20. The monoisotopic (exact) mass is 539 g/mol. The molecule has 41 heavy (non-hydrogen) atoms. The molecule has 2 aromatic carbocycles. The maximum Gasteiger partial charge on any atom is 0.172 e. The Bertz CT molecular complexity index is 1630. The van der Waals surface area contributed by atoms with E-state index in [1.165, 1.54) is 5.69 Å². The van der Waals surface area contributed by atoms with Crippen LogP contribution >= 0.6 is 0 Å². The lowest BCUT2D eigenvalue weighted by Crippen LogP contribution is -2.21. The number of rotatable bonds is 9. The second-order valence-corrected chi connectivity index (χ2v) is 10.1. The Morgan fingerprint density at radius 1 is 0.829 bits per heavy atom. The molecular formula is C35H33N5O. The summed E-state index contributed by atoms with van der Waals surface area (Å²) in [5.74, 6) is 0.0393. The standard InChI is InChI=1S/C35H33N5O/c1-5-39(6-2)29-15-12-26(13-16-29)14-17-30-18-19-31(40(30)25-27-10-8-7-9-11-27)20-21-33-32(24-38)34(28(22-36)23-37)41-35(33,3)4/h7-21H,5-6,25H2,1-4H3/b17-14+,21-20+. The highest BCUT2D eigenvalue weighted by atomic mass is 16.5. The molecule has 2 heterocycles. The number of nitrogens with zero attached hydrogens (tertiary/aromatic N) is 5. The van der Waals surface area contributed by atoms with Crippen molar-refractivity contribution in [1.29, 1.82) is 15.8 Å². The zero-order valence-corrected chi connectivity index (χ0v) is 23.9. The third kappa shape index (κ3) is 6.33. The summed E-state index contributed by atoms with van der Waals surface area (Å²) in [6.45, 7) is 10.6. The molecule has 1 aromatic heterocycles. The Hall–Kier alpha value is -5.25. The molecule has 6 nitrogen and oxygen atoms in total. The zero-order chi connectivity index (χ0) is 29.4. The van der Waals surface area contributed by atoms with Crippen molar-refractivity contribution in [2.75, 3.05) is 18.0 Å². The SMILES string of the molecule is CCN(CC)c1ccc(/C=C/c2ccc(/C=C/C3=C(C#N)C(=C(C#N)C#N)OC3(C)C)n2Cc2ccccc2)cc1.